The van der Waals surface area contributed by atoms with Crippen molar-refractivity contribution in [3.8, 4) is 0 Å². The first kappa shape index (κ1) is 10.9. The highest BCUT2D eigenvalue weighted by Crippen LogP contribution is 2.29. The predicted molar refractivity (Wildman–Crippen MR) is 70.1 cm³/mol. The molecule has 1 amide bonds. The Hall–Kier alpha value is -0.580. The molecule has 2 nitrogen and oxygen atoms in total. The van der Waals surface area contributed by atoms with Crippen molar-refractivity contribution < 1.29 is 4.79 Å². The fourth-order valence-electron chi connectivity index (χ4n) is 2.00. The lowest BCUT2D eigenvalue weighted by atomic mass is 10.0. The minimum atomic E-state index is 0.269. The van der Waals surface area contributed by atoms with Crippen LogP contribution in [0.25, 0.3) is 0 Å². The molecule has 0 radical (unpaired) electrons. The van der Waals surface area contributed by atoms with Gasteiger partial charge >= 0.3 is 0 Å². The topological polar surface area (TPSA) is 20.3 Å². The van der Waals surface area contributed by atoms with Crippen LogP contribution in [0.1, 0.15) is 25.3 Å². The van der Waals surface area contributed by atoms with Crippen LogP contribution in [0.3, 0.4) is 0 Å². The number of carbonyl (C=O) groups excluding carboxylic acids is 1. The number of anilines is 1. The van der Waals surface area contributed by atoms with Crippen LogP contribution < -0.4 is 4.90 Å². The number of nitrogens with zero attached hydrogens (tertiary/aromatic N) is 1. The van der Waals surface area contributed by atoms with Gasteiger partial charge in [0.2, 0.25) is 5.91 Å². The summed E-state index contributed by atoms with van der Waals surface area (Å²) in [5.41, 5.74) is 2.43. The molecule has 0 aromatic heterocycles. The Morgan fingerprint density at radius 2 is 2.20 bits per heavy atom. The van der Waals surface area contributed by atoms with E-state index in [1.165, 1.54) is 9.13 Å². The van der Waals surface area contributed by atoms with Crippen molar-refractivity contribution in [1.29, 1.82) is 0 Å². The number of rotatable bonds is 2. The van der Waals surface area contributed by atoms with Gasteiger partial charge in [-0.15, -0.1) is 0 Å². The molecule has 0 spiro atoms. The Bertz CT molecular complexity index is 389. The number of halogens is 1. The largest absolute Gasteiger partial charge is 0.312 e. The standard InChI is InChI=1S/C12H14INO/c1-2-7-14-11-5-4-10(13)8-9(11)3-6-12(14)15/h4-5,8H,2-3,6-7H2,1H3. The monoisotopic (exact) mass is 315 g/mol. The third-order valence-corrected chi connectivity index (χ3v) is 3.36. The second-order valence-electron chi connectivity index (χ2n) is 3.82. The molecule has 0 fully saturated rings. The summed E-state index contributed by atoms with van der Waals surface area (Å²) < 4.78 is 1.25. The highest BCUT2D eigenvalue weighted by atomic mass is 127. The number of carbonyl (C=O) groups is 1. The van der Waals surface area contributed by atoms with E-state index in [2.05, 4.69) is 47.7 Å². The Labute approximate surface area is 104 Å². The quantitative estimate of drug-likeness (QED) is 0.769. The van der Waals surface area contributed by atoms with Gasteiger partial charge in [0, 0.05) is 22.2 Å². The van der Waals surface area contributed by atoms with Gasteiger partial charge in [-0.1, -0.05) is 6.92 Å². The van der Waals surface area contributed by atoms with Gasteiger partial charge in [0.15, 0.2) is 0 Å². The van der Waals surface area contributed by atoms with E-state index in [9.17, 15) is 4.79 Å². The summed E-state index contributed by atoms with van der Waals surface area (Å²) in [6.07, 6.45) is 2.56. The van der Waals surface area contributed by atoms with E-state index in [1.807, 2.05) is 4.90 Å². The zero-order valence-electron chi connectivity index (χ0n) is 8.79. The molecule has 1 heterocycles. The number of amides is 1. The van der Waals surface area contributed by atoms with Crippen LogP contribution in [0.4, 0.5) is 5.69 Å². The van der Waals surface area contributed by atoms with E-state index in [0.29, 0.717) is 6.42 Å². The maximum Gasteiger partial charge on any atom is 0.227 e. The number of hydrogen-bond acceptors (Lipinski definition) is 1. The van der Waals surface area contributed by atoms with Gasteiger partial charge in [-0.25, -0.2) is 0 Å². The van der Waals surface area contributed by atoms with Gasteiger partial charge in [0.1, 0.15) is 0 Å². The smallest absolute Gasteiger partial charge is 0.227 e. The van der Waals surface area contributed by atoms with E-state index in [1.54, 1.807) is 0 Å². The Balaban J connectivity index is 2.39. The van der Waals surface area contributed by atoms with Crippen molar-refractivity contribution in [1.82, 2.24) is 0 Å². The van der Waals surface area contributed by atoms with Crippen molar-refractivity contribution >= 4 is 34.2 Å². The second-order valence-corrected chi connectivity index (χ2v) is 5.06. The molecule has 0 saturated heterocycles. The average molecular weight is 315 g/mol. The van der Waals surface area contributed by atoms with Gasteiger partial charge in [-0.05, 0) is 59.2 Å². The first-order chi connectivity index (χ1) is 7.22. The normalized spacial score (nSPS) is 15.3. The first-order valence-electron chi connectivity index (χ1n) is 5.31. The van der Waals surface area contributed by atoms with Crippen LogP contribution >= 0.6 is 22.6 Å². The number of fused-ring (bicyclic) bond motifs is 1. The average Bonchev–Trinajstić information content (AvgIpc) is 2.22. The van der Waals surface area contributed by atoms with Crippen molar-refractivity contribution in [2.24, 2.45) is 0 Å². The van der Waals surface area contributed by atoms with Crippen LogP contribution in [0.5, 0.6) is 0 Å². The zero-order valence-corrected chi connectivity index (χ0v) is 11.0. The van der Waals surface area contributed by atoms with E-state index >= 15 is 0 Å². The van der Waals surface area contributed by atoms with Gasteiger partial charge in [0.25, 0.3) is 0 Å². The summed E-state index contributed by atoms with van der Waals surface area (Å²) in [4.78, 5) is 13.7. The first-order valence-corrected chi connectivity index (χ1v) is 6.39. The van der Waals surface area contributed by atoms with Crippen LogP contribution in [-0.2, 0) is 11.2 Å². The van der Waals surface area contributed by atoms with Crippen molar-refractivity contribution in [3.05, 3.63) is 27.3 Å². The maximum atomic E-state index is 11.8. The fraction of sp³-hybridized carbons (Fsp3) is 0.417. The molecule has 0 atom stereocenters. The third kappa shape index (κ3) is 2.17. The van der Waals surface area contributed by atoms with Crippen LogP contribution in [0.15, 0.2) is 18.2 Å². The Morgan fingerprint density at radius 3 is 2.93 bits per heavy atom. The molecule has 0 bridgehead atoms. The minimum Gasteiger partial charge on any atom is -0.312 e. The summed E-state index contributed by atoms with van der Waals surface area (Å²) in [5, 5.41) is 0. The molecule has 3 heteroatoms. The third-order valence-electron chi connectivity index (χ3n) is 2.69. The summed E-state index contributed by atoms with van der Waals surface area (Å²) in [6, 6.07) is 6.33. The van der Waals surface area contributed by atoms with Gasteiger partial charge in [-0.2, -0.15) is 0 Å². The number of benzene rings is 1. The number of aryl methyl sites for hydroxylation is 1. The van der Waals surface area contributed by atoms with Crippen molar-refractivity contribution in [2.45, 2.75) is 26.2 Å². The summed E-state index contributed by atoms with van der Waals surface area (Å²) in [7, 11) is 0. The molecule has 0 unspecified atom stereocenters. The molecule has 1 aromatic rings. The molecule has 0 aliphatic carbocycles. The lowest BCUT2D eigenvalue weighted by molar-refractivity contribution is -0.118. The summed E-state index contributed by atoms with van der Waals surface area (Å²) in [6.45, 7) is 2.95. The predicted octanol–water partition coefficient (Wildman–Crippen LogP) is 2.98. The molecule has 1 aliphatic rings. The highest BCUT2D eigenvalue weighted by Gasteiger charge is 2.22. The molecule has 80 valence electrons. The van der Waals surface area contributed by atoms with E-state index < -0.39 is 0 Å². The molecule has 1 aliphatic heterocycles. The van der Waals surface area contributed by atoms with Crippen LogP contribution in [-0.4, -0.2) is 12.5 Å². The van der Waals surface area contributed by atoms with Gasteiger partial charge < -0.3 is 4.90 Å². The number of hydrogen-bond donors (Lipinski definition) is 0. The maximum absolute atomic E-state index is 11.8. The zero-order chi connectivity index (χ0) is 10.8. The van der Waals surface area contributed by atoms with Gasteiger partial charge in [0.05, 0.1) is 0 Å². The summed E-state index contributed by atoms with van der Waals surface area (Å²) >= 11 is 2.32. The lowest BCUT2D eigenvalue weighted by Crippen LogP contribution is -2.35. The molecule has 0 saturated carbocycles. The van der Waals surface area contributed by atoms with Crippen LogP contribution in [0, 0.1) is 3.57 Å². The fourth-order valence-corrected chi connectivity index (χ4v) is 2.55. The molecule has 1 aromatic carbocycles. The molecular formula is C12H14INO. The molecule has 2 rings (SSSR count). The molecule has 15 heavy (non-hydrogen) atoms. The molecular weight excluding hydrogens is 301 g/mol. The Kier molecular flexibility index (Phi) is 3.29. The SMILES string of the molecule is CCCN1C(=O)CCc2cc(I)ccc21. The molecule has 0 N–H and O–H groups in total. The second kappa shape index (κ2) is 4.51. The van der Waals surface area contributed by atoms with E-state index in [4.69, 9.17) is 0 Å². The lowest BCUT2D eigenvalue weighted by Gasteiger charge is -2.29. The van der Waals surface area contributed by atoms with Crippen molar-refractivity contribution in [2.75, 3.05) is 11.4 Å². The summed E-state index contributed by atoms with van der Waals surface area (Å²) in [5.74, 6) is 0.269. The van der Waals surface area contributed by atoms with Gasteiger partial charge in [-0.3, -0.25) is 4.79 Å². The van der Waals surface area contributed by atoms with E-state index in [-0.39, 0.29) is 5.91 Å². The van der Waals surface area contributed by atoms with Crippen molar-refractivity contribution in [3.63, 3.8) is 0 Å². The highest BCUT2D eigenvalue weighted by molar-refractivity contribution is 14.1. The van der Waals surface area contributed by atoms with Crippen LogP contribution in [0.2, 0.25) is 0 Å². The Morgan fingerprint density at radius 1 is 1.40 bits per heavy atom. The van der Waals surface area contributed by atoms with E-state index in [0.717, 1.165) is 25.1 Å². The minimum absolute atomic E-state index is 0.269.